The summed E-state index contributed by atoms with van der Waals surface area (Å²) in [5, 5.41) is 10.9. The molecule has 1 N–H and O–H groups in total. The van der Waals surface area contributed by atoms with Gasteiger partial charge in [0.05, 0.1) is 6.73 Å². The minimum Gasteiger partial charge on any atom is -0.381 e. The zero-order chi connectivity index (χ0) is 8.97. The first-order valence-corrected chi connectivity index (χ1v) is 4.94. The topological polar surface area (TPSA) is 23.5 Å². The normalized spacial score (nSPS) is 11.0. The molecule has 0 aliphatic heterocycles. The molecule has 0 unspecified atom stereocenters. The first-order valence-electron chi connectivity index (χ1n) is 4.06. The number of hydrogen-bond donors (Lipinski definition) is 1. The average molecular weight is 185 g/mol. The van der Waals surface area contributed by atoms with Gasteiger partial charge in [-0.1, -0.05) is 0 Å². The van der Waals surface area contributed by atoms with E-state index in [0.29, 0.717) is 0 Å². The third kappa shape index (κ3) is 2.59. The molecular formula is C9H15NOS. The van der Waals surface area contributed by atoms with Gasteiger partial charge >= 0.3 is 0 Å². The van der Waals surface area contributed by atoms with Crippen LogP contribution in [0.1, 0.15) is 10.4 Å². The predicted molar refractivity (Wildman–Crippen MR) is 52.5 cm³/mol. The minimum atomic E-state index is 0.143. The summed E-state index contributed by atoms with van der Waals surface area (Å²) in [5.41, 5.74) is 1.37. The standard InChI is InChI=1S/C9H15NOS/c1-8-4-6-12-9(8)3-5-10(2)7-11/h4,6,11H,3,5,7H2,1-2H3. The van der Waals surface area contributed by atoms with Gasteiger partial charge in [0.2, 0.25) is 0 Å². The molecule has 2 nitrogen and oxygen atoms in total. The van der Waals surface area contributed by atoms with E-state index in [-0.39, 0.29) is 6.73 Å². The van der Waals surface area contributed by atoms with E-state index in [9.17, 15) is 0 Å². The molecule has 0 bridgehead atoms. The quantitative estimate of drug-likeness (QED) is 0.718. The highest BCUT2D eigenvalue weighted by molar-refractivity contribution is 7.10. The number of aryl methyl sites for hydroxylation is 1. The van der Waals surface area contributed by atoms with Gasteiger partial charge in [0.15, 0.2) is 0 Å². The number of thiophene rings is 1. The molecule has 0 spiro atoms. The van der Waals surface area contributed by atoms with Crippen LogP contribution in [0.3, 0.4) is 0 Å². The molecule has 0 aromatic carbocycles. The molecule has 0 atom stereocenters. The average Bonchev–Trinajstić information content (AvgIpc) is 2.47. The largest absolute Gasteiger partial charge is 0.381 e. The van der Waals surface area contributed by atoms with E-state index in [1.165, 1.54) is 10.4 Å². The molecule has 0 radical (unpaired) electrons. The van der Waals surface area contributed by atoms with Crippen molar-refractivity contribution in [2.75, 3.05) is 20.3 Å². The lowest BCUT2D eigenvalue weighted by Crippen LogP contribution is -2.21. The van der Waals surface area contributed by atoms with Crippen LogP contribution in [0.25, 0.3) is 0 Å². The Morgan fingerprint density at radius 3 is 2.83 bits per heavy atom. The molecule has 0 aliphatic rings. The van der Waals surface area contributed by atoms with Crippen LogP contribution < -0.4 is 0 Å². The van der Waals surface area contributed by atoms with Crippen molar-refractivity contribution in [1.82, 2.24) is 4.90 Å². The van der Waals surface area contributed by atoms with Gasteiger partial charge in [-0.3, -0.25) is 4.90 Å². The van der Waals surface area contributed by atoms with Gasteiger partial charge in [0, 0.05) is 11.4 Å². The van der Waals surface area contributed by atoms with Gasteiger partial charge in [0.25, 0.3) is 0 Å². The van der Waals surface area contributed by atoms with E-state index in [1.807, 2.05) is 11.9 Å². The van der Waals surface area contributed by atoms with Gasteiger partial charge in [-0.2, -0.15) is 0 Å². The highest BCUT2D eigenvalue weighted by Crippen LogP contribution is 2.15. The van der Waals surface area contributed by atoms with Crippen molar-refractivity contribution in [3.8, 4) is 0 Å². The summed E-state index contributed by atoms with van der Waals surface area (Å²) in [5.74, 6) is 0. The summed E-state index contributed by atoms with van der Waals surface area (Å²) in [6.45, 7) is 3.20. The summed E-state index contributed by atoms with van der Waals surface area (Å²) in [6.07, 6.45) is 1.04. The molecule has 12 heavy (non-hydrogen) atoms. The van der Waals surface area contributed by atoms with Gasteiger partial charge in [0.1, 0.15) is 0 Å². The number of aliphatic hydroxyl groups excluding tert-OH is 1. The van der Waals surface area contributed by atoms with Crippen molar-refractivity contribution in [3.05, 3.63) is 21.9 Å². The predicted octanol–water partition coefficient (Wildman–Crippen LogP) is 1.48. The van der Waals surface area contributed by atoms with E-state index in [0.717, 1.165) is 13.0 Å². The number of likely N-dealkylation sites (N-methyl/N-ethyl adjacent to an activating group) is 1. The lowest BCUT2D eigenvalue weighted by Gasteiger charge is -2.11. The van der Waals surface area contributed by atoms with Crippen molar-refractivity contribution in [2.24, 2.45) is 0 Å². The zero-order valence-corrected chi connectivity index (χ0v) is 8.40. The molecule has 68 valence electrons. The monoisotopic (exact) mass is 185 g/mol. The Kier molecular flexibility index (Phi) is 3.72. The maximum Gasteiger partial charge on any atom is 0.0954 e. The van der Waals surface area contributed by atoms with E-state index in [1.54, 1.807) is 11.3 Å². The molecule has 0 saturated heterocycles. The van der Waals surface area contributed by atoms with Gasteiger partial charge in [-0.15, -0.1) is 11.3 Å². The molecular weight excluding hydrogens is 170 g/mol. The second-order valence-electron chi connectivity index (χ2n) is 3.00. The second-order valence-corrected chi connectivity index (χ2v) is 4.00. The number of hydrogen-bond acceptors (Lipinski definition) is 3. The van der Waals surface area contributed by atoms with Crippen LogP contribution in [0.4, 0.5) is 0 Å². The van der Waals surface area contributed by atoms with Gasteiger partial charge in [-0.05, 0) is 37.4 Å². The van der Waals surface area contributed by atoms with Crippen LogP contribution in [0.2, 0.25) is 0 Å². The Hall–Kier alpha value is -0.380. The molecule has 0 amide bonds. The smallest absolute Gasteiger partial charge is 0.0954 e. The molecule has 1 heterocycles. The lowest BCUT2D eigenvalue weighted by atomic mass is 10.2. The molecule has 0 saturated carbocycles. The van der Waals surface area contributed by atoms with Crippen LogP contribution in [0.5, 0.6) is 0 Å². The minimum absolute atomic E-state index is 0.143. The van der Waals surface area contributed by atoms with Crippen LogP contribution in [-0.2, 0) is 6.42 Å². The summed E-state index contributed by atoms with van der Waals surface area (Å²) >= 11 is 1.79. The number of aliphatic hydroxyl groups is 1. The van der Waals surface area contributed by atoms with E-state index in [4.69, 9.17) is 5.11 Å². The third-order valence-electron chi connectivity index (χ3n) is 1.93. The second kappa shape index (κ2) is 4.60. The van der Waals surface area contributed by atoms with Crippen molar-refractivity contribution in [3.63, 3.8) is 0 Å². The van der Waals surface area contributed by atoms with E-state index < -0.39 is 0 Å². The Bertz CT molecular complexity index is 234. The summed E-state index contributed by atoms with van der Waals surface area (Å²) in [6, 6.07) is 2.14. The number of rotatable bonds is 4. The fourth-order valence-electron chi connectivity index (χ4n) is 1.02. The molecule has 0 aliphatic carbocycles. The van der Waals surface area contributed by atoms with Crippen molar-refractivity contribution >= 4 is 11.3 Å². The molecule has 1 aromatic rings. The Morgan fingerprint density at radius 2 is 2.33 bits per heavy atom. The van der Waals surface area contributed by atoms with Crippen LogP contribution in [-0.4, -0.2) is 30.3 Å². The van der Waals surface area contributed by atoms with Crippen molar-refractivity contribution in [1.29, 1.82) is 0 Å². The third-order valence-corrected chi connectivity index (χ3v) is 3.01. The molecule has 1 aromatic heterocycles. The molecule has 3 heteroatoms. The Balaban J connectivity index is 2.38. The fraction of sp³-hybridized carbons (Fsp3) is 0.556. The summed E-state index contributed by atoms with van der Waals surface area (Å²) in [7, 11) is 1.92. The maximum atomic E-state index is 8.76. The maximum absolute atomic E-state index is 8.76. The van der Waals surface area contributed by atoms with Crippen molar-refractivity contribution in [2.45, 2.75) is 13.3 Å². The first-order chi connectivity index (χ1) is 5.74. The lowest BCUT2D eigenvalue weighted by molar-refractivity contribution is 0.134. The first kappa shape index (κ1) is 9.71. The SMILES string of the molecule is Cc1ccsc1CCN(C)CO. The van der Waals surface area contributed by atoms with Gasteiger partial charge < -0.3 is 5.11 Å². The Morgan fingerprint density at radius 1 is 1.58 bits per heavy atom. The van der Waals surface area contributed by atoms with Crippen molar-refractivity contribution < 1.29 is 5.11 Å². The summed E-state index contributed by atoms with van der Waals surface area (Å²) in [4.78, 5) is 3.33. The van der Waals surface area contributed by atoms with E-state index >= 15 is 0 Å². The highest BCUT2D eigenvalue weighted by atomic mass is 32.1. The van der Waals surface area contributed by atoms with Gasteiger partial charge in [-0.25, -0.2) is 0 Å². The van der Waals surface area contributed by atoms with E-state index in [2.05, 4.69) is 18.4 Å². The zero-order valence-electron chi connectivity index (χ0n) is 7.58. The van der Waals surface area contributed by atoms with Crippen LogP contribution in [0.15, 0.2) is 11.4 Å². The van der Waals surface area contributed by atoms with Crippen LogP contribution >= 0.6 is 11.3 Å². The molecule has 0 fully saturated rings. The molecule has 1 rings (SSSR count). The number of nitrogens with zero attached hydrogens (tertiary/aromatic N) is 1. The Labute approximate surface area is 77.5 Å². The fourth-order valence-corrected chi connectivity index (χ4v) is 1.92. The highest BCUT2D eigenvalue weighted by Gasteiger charge is 2.01. The summed E-state index contributed by atoms with van der Waals surface area (Å²) < 4.78 is 0. The van der Waals surface area contributed by atoms with Crippen LogP contribution in [0, 0.1) is 6.92 Å².